The molecule has 0 fully saturated rings. The molecule has 0 radical (unpaired) electrons. The number of ether oxygens (including phenoxy) is 1. The standard InChI is InChI=1S/C16H23NO3/c1-11-7-8-12(2)13(9-11)14(10-18)17(6)15(19)20-16(3,4)5/h7-10,14H,1-6H3. The summed E-state index contributed by atoms with van der Waals surface area (Å²) in [4.78, 5) is 24.8. The molecule has 1 amide bonds. The average molecular weight is 277 g/mol. The summed E-state index contributed by atoms with van der Waals surface area (Å²) in [6.07, 6.45) is 0.265. The third-order valence-corrected chi connectivity index (χ3v) is 2.98. The number of hydrogen-bond donors (Lipinski definition) is 0. The van der Waals surface area contributed by atoms with Crippen LogP contribution in [0.3, 0.4) is 0 Å². The van der Waals surface area contributed by atoms with Crippen LogP contribution in [0.1, 0.15) is 43.5 Å². The molecule has 1 aromatic rings. The zero-order valence-corrected chi connectivity index (χ0v) is 13.1. The van der Waals surface area contributed by atoms with Crippen LogP contribution in [-0.2, 0) is 9.53 Å². The van der Waals surface area contributed by atoms with Crippen LogP contribution in [0.15, 0.2) is 18.2 Å². The summed E-state index contributed by atoms with van der Waals surface area (Å²) in [7, 11) is 1.58. The van der Waals surface area contributed by atoms with Crippen molar-refractivity contribution in [1.82, 2.24) is 4.90 Å². The molecule has 0 saturated carbocycles. The van der Waals surface area contributed by atoms with Gasteiger partial charge in [-0.15, -0.1) is 0 Å². The second-order valence-corrected chi connectivity index (χ2v) is 6.03. The number of nitrogens with zero attached hydrogens (tertiary/aromatic N) is 1. The van der Waals surface area contributed by atoms with Crippen LogP contribution in [0.5, 0.6) is 0 Å². The second kappa shape index (κ2) is 6.07. The van der Waals surface area contributed by atoms with Crippen molar-refractivity contribution in [3.8, 4) is 0 Å². The zero-order valence-electron chi connectivity index (χ0n) is 13.1. The Hall–Kier alpha value is -1.84. The highest BCUT2D eigenvalue weighted by Crippen LogP contribution is 2.24. The van der Waals surface area contributed by atoms with Gasteiger partial charge in [0.15, 0.2) is 0 Å². The molecule has 4 heteroatoms. The molecular formula is C16H23NO3. The number of rotatable bonds is 3. The smallest absolute Gasteiger partial charge is 0.410 e. The van der Waals surface area contributed by atoms with Gasteiger partial charge < -0.3 is 9.53 Å². The molecule has 0 saturated heterocycles. The Bertz CT molecular complexity index is 503. The predicted molar refractivity (Wildman–Crippen MR) is 78.7 cm³/mol. The molecule has 4 nitrogen and oxygen atoms in total. The van der Waals surface area contributed by atoms with Crippen LogP contribution in [0.25, 0.3) is 0 Å². The first-order valence-electron chi connectivity index (χ1n) is 6.64. The molecule has 0 aliphatic carbocycles. The number of benzene rings is 1. The SMILES string of the molecule is Cc1ccc(C)c(C(C=O)N(C)C(=O)OC(C)(C)C)c1. The topological polar surface area (TPSA) is 46.6 Å². The lowest BCUT2D eigenvalue weighted by Crippen LogP contribution is -2.37. The Balaban J connectivity index is 3.04. The quantitative estimate of drug-likeness (QED) is 0.795. The van der Waals surface area contributed by atoms with Crippen molar-refractivity contribution in [3.05, 3.63) is 34.9 Å². The molecule has 110 valence electrons. The molecule has 0 aromatic heterocycles. The van der Waals surface area contributed by atoms with Crippen LogP contribution < -0.4 is 0 Å². The lowest BCUT2D eigenvalue weighted by molar-refractivity contribution is -0.112. The van der Waals surface area contributed by atoms with Crippen molar-refractivity contribution in [2.24, 2.45) is 0 Å². The number of amides is 1. The minimum absolute atomic E-state index is 0.504. The number of aryl methyl sites for hydroxylation is 2. The Kier molecular flexibility index (Phi) is 4.93. The first-order valence-corrected chi connectivity index (χ1v) is 6.64. The van der Waals surface area contributed by atoms with Gasteiger partial charge in [0.1, 0.15) is 17.9 Å². The predicted octanol–water partition coefficient (Wildman–Crippen LogP) is 3.41. The number of carbonyl (C=O) groups excluding carboxylic acids is 2. The van der Waals surface area contributed by atoms with E-state index in [4.69, 9.17) is 4.74 Å². The monoisotopic (exact) mass is 277 g/mol. The average Bonchev–Trinajstić information content (AvgIpc) is 2.32. The zero-order chi connectivity index (χ0) is 15.5. The van der Waals surface area contributed by atoms with Gasteiger partial charge in [-0.1, -0.05) is 23.8 Å². The van der Waals surface area contributed by atoms with E-state index in [9.17, 15) is 9.59 Å². The van der Waals surface area contributed by atoms with Crippen molar-refractivity contribution in [2.75, 3.05) is 7.05 Å². The maximum Gasteiger partial charge on any atom is 0.410 e. The second-order valence-electron chi connectivity index (χ2n) is 6.03. The fourth-order valence-electron chi connectivity index (χ4n) is 1.90. The number of likely N-dealkylation sites (N-methyl/N-ethyl adjacent to an activating group) is 1. The summed E-state index contributed by atoms with van der Waals surface area (Å²) in [5, 5.41) is 0. The third kappa shape index (κ3) is 4.08. The van der Waals surface area contributed by atoms with E-state index in [1.54, 1.807) is 27.8 Å². The van der Waals surface area contributed by atoms with Crippen molar-refractivity contribution in [2.45, 2.75) is 46.3 Å². The molecular weight excluding hydrogens is 254 g/mol. The van der Waals surface area contributed by atoms with Crippen LogP contribution in [0.4, 0.5) is 4.79 Å². The number of carbonyl (C=O) groups is 2. The summed E-state index contributed by atoms with van der Waals surface area (Å²) in [5.74, 6) is 0. The molecule has 0 aliphatic rings. The minimum Gasteiger partial charge on any atom is -0.444 e. The van der Waals surface area contributed by atoms with Gasteiger partial charge >= 0.3 is 6.09 Å². The molecule has 0 heterocycles. The molecule has 1 atom stereocenters. The molecule has 1 aromatic carbocycles. The van der Waals surface area contributed by atoms with Crippen LogP contribution in [0.2, 0.25) is 0 Å². The van der Waals surface area contributed by atoms with E-state index in [2.05, 4.69) is 0 Å². The first-order chi connectivity index (χ1) is 9.15. The highest BCUT2D eigenvalue weighted by Gasteiger charge is 2.27. The van der Waals surface area contributed by atoms with E-state index in [1.807, 2.05) is 32.0 Å². The van der Waals surface area contributed by atoms with Crippen molar-refractivity contribution in [3.63, 3.8) is 0 Å². The van der Waals surface area contributed by atoms with Gasteiger partial charge in [0.2, 0.25) is 0 Å². The number of hydrogen-bond acceptors (Lipinski definition) is 3. The Morgan fingerprint density at radius 2 is 1.90 bits per heavy atom. The maximum atomic E-state index is 12.1. The van der Waals surface area contributed by atoms with Crippen molar-refractivity contribution >= 4 is 12.4 Å². The van der Waals surface area contributed by atoms with Gasteiger partial charge in [-0.25, -0.2) is 4.79 Å². The van der Waals surface area contributed by atoms with E-state index < -0.39 is 17.7 Å². The van der Waals surface area contributed by atoms with E-state index in [0.29, 0.717) is 0 Å². The van der Waals surface area contributed by atoms with Gasteiger partial charge in [-0.05, 0) is 45.7 Å². The van der Waals surface area contributed by atoms with Crippen LogP contribution in [-0.4, -0.2) is 29.9 Å². The van der Waals surface area contributed by atoms with E-state index in [-0.39, 0.29) is 0 Å². The molecule has 0 spiro atoms. The Labute approximate surface area is 120 Å². The molecule has 1 unspecified atom stereocenters. The molecule has 0 bridgehead atoms. The van der Waals surface area contributed by atoms with Crippen LogP contribution >= 0.6 is 0 Å². The van der Waals surface area contributed by atoms with E-state index >= 15 is 0 Å². The van der Waals surface area contributed by atoms with Gasteiger partial charge in [0.05, 0.1) is 0 Å². The summed E-state index contributed by atoms with van der Waals surface area (Å²) in [6, 6.07) is 5.22. The lowest BCUT2D eigenvalue weighted by atomic mass is 9.99. The molecule has 20 heavy (non-hydrogen) atoms. The summed E-state index contributed by atoms with van der Waals surface area (Å²) >= 11 is 0. The summed E-state index contributed by atoms with van der Waals surface area (Å²) in [5.41, 5.74) is 2.27. The largest absolute Gasteiger partial charge is 0.444 e. The van der Waals surface area contributed by atoms with Crippen molar-refractivity contribution < 1.29 is 14.3 Å². The number of aldehydes is 1. The summed E-state index contributed by atoms with van der Waals surface area (Å²) < 4.78 is 5.30. The van der Waals surface area contributed by atoms with Gasteiger partial charge in [0, 0.05) is 7.05 Å². The Morgan fingerprint density at radius 3 is 2.40 bits per heavy atom. The third-order valence-electron chi connectivity index (χ3n) is 2.98. The van der Waals surface area contributed by atoms with Gasteiger partial charge in [-0.2, -0.15) is 0 Å². The fraction of sp³-hybridized carbons (Fsp3) is 0.500. The van der Waals surface area contributed by atoms with Crippen LogP contribution in [0, 0.1) is 13.8 Å². The first kappa shape index (κ1) is 16.2. The van der Waals surface area contributed by atoms with Gasteiger partial charge in [-0.3, -0.25) is 4.90 Å². The normalized spacial score (nSPS) is 12.7. The lowest BCUT2D eigenvalue weighted by Gasteiger charge is -2.29. The molecule has 0 aliphatic heterocycles. The molecule has 0 N–H and O–H groups in total. The van der Waals surface area contributed by atoms with Crippen molar-refractivity contribution in [1.29, 1.82) is 0 Å². The highest BCUT2D eigenvalue weighted by atomic mass is 16.6. The minimum atomic E-state index is -0.634. The van der Waals surface area contributed by atoms with Gasteiger partial charge in [0.25, 0.3) is 0 Å². The highest BCUT2D eigenvalue weighted by molar-refractivity contribution is 5.75. The van der Waals surface area contributed by atoms with E-state index in [0.717, 1.165) is 23.0 Å². The molecule has 1 rings (SSSR count). The Morgan fingerprint density at radius 1 is 1.30 bits per heavy atom. The fourth-order valence-corrected chi connectivity index (χ4v) is 1.90. The summed E-state index contributed by atoms with van der Waals surface area (Å²) in [6.45, 7) is 9.28. The van der Waals surface area contributed by atoms with E-state index in [1.165, 1.54) is 4.90 Å². The maximum absolute atomic E-state index is 12.1.